The van der Waals surface area contributed by atoms with E-state index in [9.17, 15) is 14.4 Å². The van der Waals surface area contributed by atoms with Gasteiger partial charge in [0.25, 0.3) is 0 Å². The van der Waals surface area contributed by atoms with Crippen LogP contribution in [0, 0.1) is 0 Å². The highest BCUT2D eigenvalue weighted by Crippen LogP contribution is 2.20. The van der Waals surface area contributed by atoms with Crippen molar-refractivity contribution in [1.82, 2.24) is 14.5 Å². The van der Waals surface area contributed by atoms with Crippen molar-refractivity contribution >= 4 is 28.3 Å². The average Bonchev–Trinajstić information content (AvgIpc) is 2.76. The van der Waals surface area contributed by atoms with E-state index in [2.05, 4.69) is 5.32 Å². The van der Waals surface area contributed by atoms with Crippen LogP contribution >= 0.6 is 11.6 Å². The van der Waals surface area contributed by atoms with E-state index in [0.717, 1.165) is 20.9 Å². The third kappa shape index (κ3) is 3.90. The number of hydrogen-bond donors (Lipinski definition) is 1. The van der Waals surface area contributed by atoms with Crippen LogP contribution < -0.4 is 16.4 Å². The van der Waals surface area contributed by atoms with Gasteiger partial charge in [0.05, 0.1) is 5.69 Å². The van der Waals surface area contributed by atoms with Crippen LogP contribution in [-0.2, 0) is 17.9 Å². The monoisotopic (exact) mass is 419 g/mol. The lowest BCUT2D eigenvalue weighted by atomic mass is 10.1. The Balaban J connectivity index is 1.57. The molecular formula is C23H18ClN3O3. The zero-order chi connectivity index (χ0) is 21.1. The normalized spacial score (nSPS) is 10.8. The van der Waals surface area contributed by atoms with Crippen LogP contribution in [0.5, 0.6) is 0 Å². The van der Waals surface area contributed by atoms with Gasteiger partial charge in [0.15, 0.2) is 0 Å². The number of rotatable bonds is 5. The van der Waals surface area contributed by atoms with Gasteiger partial charge in [-0.15, -0.1) is 0 Å². The highest BCUT2D eigenvalue weighted by Gasteiger charge is 2.12. The molecule has 150 valence electrons. The number of halogens is 1. The lowest BCUT2D eigenvalue weighted by Gasteiger charge is -2.12. The van der Waals surface area contributed by atoms with Crippen LogP contribution in [0.2, 0.25) is 5.02 Å². The van der Waals surface area contributed by atoms with E-state index in [-0.39, 0.29) is 19.0 Å². The number of amides is 1. The third-order valence-corrected chi connectivity index (χ3v) is 5.20. The van der Waals surface area contributed by atoms with Crippen LogP contribution in [0.25, 0.3) is 16.5 Å². The molecule has 1 amide bonds. The second-order valence-electron chi connectivity index (χ2n) is 6.77. The molecular weight excluding hydrogens is 402 g/mol. The van der Waals surface area contributed by atoms with Gasteiger partial charge >= 0.3 is 11.1 Å². The predicted octanol–water partition coefficient (Wildman–Crippen LogP) is 3.12. The SMILES string of the molecule is O=C(Cn1ccn(-c2cccc3ccccc23)c(=O)c1=O)NCc1ccccc1Cl. The number of nitrogens with zero attached hydrogens (tertiary/aromatic N) is 2. The summed E-state index contributed by atoms with van der Waals surface area (Å²) >= 11 is 6.08. The lowest BCUT2D eigenvalue weighted by Crippen LogP contribution is -2.42. The Labute approximate surface area is 177 Å². The van der Waals surface area contributed by atoms with Gasteiger partial charge in [-0.3, -0.25) is 23.5 Å². The Hall–Kier alpha value is -3.64. The van der Waals surface area contributed by atoms with Gasteiger partial charge in [-0.05, 0) is 23.1 Å². The number of benzene rings is 3. The maximum Gasteiger partial charge on any atom is 0.321 e. The molecule has 0 saturated heterocycles. The van der Waals surface area contributed by atoms with Gasteiger partial charge in [-0.2, -0.15) is 0 Å². The van der Waals surface area contributed by atoms with E-state index in [0.29, 0.717) is 10.7 Å². The fourth-order valence-electron chi connectivity index (χ4n) is 3.29. The molecule has 4 rings (SSSR count). The molecule has 0 spiro atoms. The Morgan fingerprint density at radius 2 is 1.60 bits per heavy atom. The van der Waals surface area contributed by atoms with Crippen LogP contribution in [0.1, 0.15) is 5.56 Å². The maximum absolute atomic E-state index is 12.7. The standard InChI is InChI=1S/C23H18ClN3O3/c24-19-10-4-2-7-17(19)14-25-21(28)15-26-12-13-27(23(30)22(26)29)20-11-5-8-16-6-1-3-9-18(16)20/h1-13H,14-15H2,(H,25,28). The quantitative estimate of drug-likeness (QED) is 0.505. The summed E-state index contributed by atoms with van der Waals surface area (Å²) in [6.45, 7) is -0.0186. The van der Waals surface area contributed by atoms with E-state index in [1.54, 1.807) is 24.3 Å². The first kappa shape index (κ1) is 19.7. The molecule has 0 atom stereocenters. The van der Waals surface area contributed by atoms with Crippen molar-refractivity contribution in [2.24, 2.45) is 0 Å². The smallest absolute Gasteiger partial charge is 0.321 e. The van der Waals surface area contributed by atoms with Gasteiger partial charge in [0.1, 0.15) is 6.54 Å². The predicted molar refractivity (Wildman–Crippen MR) is 117 cm³/mol. The summed E-state index contributed by atoms with van der Waals surface area (Å²) in [6, 6.07) is 20.3. The van der Waals surface area contributed by atoms with Crippen LogP contribution in [0.4, 0.5) is 0 Å². The molecule has 0 aliphatic carbocycles. The van der Waals surface area contributed by atoms with Gasteiger partial charge in [-0.25, -0.2) is 0 Å². The molecule has 0 aliphatic rings. The molecule has 0 unspecified atom stereocenters. The summed E-state index contributed by atoms with van der Waals surface area (Å²) in [6.07, 6.45) is 2.95. The molecule has 1 N–H and O–H groups in total. The lowest BCUT2D eigenvalue weighted by molar-refractivity contribution is -0.121. The van der Waals surface area contributed by atoms with Gasteiger partial charge in [0.2, 0.25) is 5.91 Å². The molecule has 0 saturated carbocycles. The van der Waals surface area contributed by atoms with Crippen molar-refractivity contribution in [3.63, 3.8) is 0 Å². The van der Waals surface area contributed by atoms with Crippen LogP contribution in [0.15, 0.2) is 88.7 Å². The summed E-state index contributed by atoms with van der Waals surface area (Å²) < 4.78 is 2.41. The second kappa shape index (κ2) is 8.39. The van der Waals surface area contributed by atoms with Crippen molar-refractivity contribution in [3.8, 4) is 5.69 Å². The van der Waals surface area contributed by atoms with Crippen molar-refractivity contribution in [1.29, 1.82) is 0 Å². The first-order valence-corrected chi connectivity index (χ1v) is 9.73. The Bertz CT molecular complexity index is 1350. The number of carbonyl (C=O) groups excluding carboxylic acids is 1. The Morgan fingerprint density at radius 3 is 2.43 bits per heavy atom. The topological polar surface area (TPSA) is 73.1 Å². The molecule has 0 aliphatic heterocycles. The van der Waals surface area contributed by atoms with Crippen molar-refractivity contribution in [2.45, 2.75) is 13.1 Å². The minimum Gasteiger partial charge on any atom is -0.350 e. The highest BCUT2D eigenvalue weighted by atomic mass is 35.5. The largest absolute Gasteiger partial charge is 0.350 e. The Kier molecular flexibility index (Phi) is 5.50. The zero-order valence-corrected chi connectivity index (χ0v) is 16.7. The third-order valence-electron chi connectivity index (χ3n) is 4.83. The maximum atomic E-state index is 12.7. The summed E-state index contributed by atoms with van der Waals surface area (Å²) in [4.78, 5) is 37.6. The van der Waals surface area contributed by atoms with Gasteiger partial charge in [0, 0.05) is 29.3 Å². The van der Waals surface area contributed by atoms with Crippen LogP contribution in [-0.4, -0.2) is 15.0 Å². The summed E-state index contributed by atoms with van der Waals surface area (Å²) in [5, 5.41) is 5.08. The highest BCUT2D eigenvalue weighted by molar-refractivity contribution is 6.31. The zero-order valence-electron chi connectivity index (χ0n) is 15.9. The molecule has 30 heavy (non-hydrogen) atoms. The summed E-state index contributed by atoms with van der Waals surface area (Å²) in [5.74, 6) is -0.390. The molecule has 7 heteroatoms. The minimum absolute atomic E-state index is 0.236. The van der Waals surface area contributed by atoms with Crippen molar-refractivity contribution < 1.29 is 4.79 Å². The fraction of sp³-hybridized carbons (Fsp3) is 0.0870. The number of nitrogens with one attached hydrogen (secondary N) is 1. The van der Waals surface area contributed by atoms with E-state index in [4.69, 9.17) is 11.6 Å². The van der Waals surface area contributed by atoms with Gasteiger partial charge < -0.3 is 5.32 Å². The first-order valence-electron chi connectivity index (χ1n) is 9.35. The Morgan fingerprint density at radius 1 is 0.867 bits per heavy atom. The molecule has 1 aromatic heterocycles. The molecule has 0 radical (unpaired) electrons. The molecule has 0 bridgehead atoms. The van der Waals surface area contributed by atoms with E-state index in [1.807, 2.05) is 42.5 Å². The molecule has 3 aromatic carbocycles. The molecule has 6 nitrogen and oxygen atoms in total. The minimum atomic E-state index is -0.765. The number of carbonyl (C=O) groups is 1. The number of fused-ring (bicyclic) bond motifs is 1. The van der Waals surface area contributed by atoms with E-state index >= 15 is 0 Å². The molecule has 1 heterocycles. The van der Waals surface area contributed by atoms with Gasteiger partial charge in [-0.1, -0.05) is 66.2 Å². The summed E-state index contributed by atoms with van der Waals surface area (Å²) in [5.41, 5.74) is -0.0946. The van der Waals surface area contributed by atoms with Crippen molar-refractivity contribution in [2.75, 3.05) is 0 Å². The summed E-state index contributed by atoms with van der Waals surface area (Å²) in [7, 11) is 0. The van der Waals surface area contributed by atoms with E-state index < -0.39 is 11.1 Å². The number of hydrogen-bond acceptors (Lipinski definition) is 3. The molecule has 4 aromatic rings. The van der Waals surface area contributed by atoms with Crippen LogP contribution in [0.3, 0.4) is 0 Å². The first-order chi connectivity index (χ1) is 14.5. The van der Waals surface area contributed by atoms with Crippen molar-refractivity contribution in [3.05, 3.63) is 110 Å². The fourth-order valence-corrected chi connectivity index (χ4v) is 3.49. The van der Waals surface area contributed by atoms with E-state index in [1.165, 1.54) is 17.0 Å². The average molecular weight is 420 g/mol. The molecule has 0 fully saturated rings. The number of aromatic nitrogens is 2. The second-order valence-corrected chi connectivity index (χ2v) is 7.18.